The van der Waals surface area contributed by atoms with Crippen LogP contribution in [0.25, 0.3) is 21.5 Å². The Hall–Kier alpha value is -2.81. The number of anilines is 1. The highest BCUT2D eigenvalue weighted by Crippen LogP contribution is 2.49. The molecule has 3 aliphatic rings. The number of benzene rings is 2. The second-order valence-corrected chi connectivity index (χ2v) is 14.3. The van der Waals surface area contributed by atoms with Crippen molar-refractivity contribution in [2.45, 2.75) is 64.4 Å². The molecule has 226 valence electrons. The molecule has 3 heterocycles. The smallest absolute Gasteiger partial charge is 0.338 e. The lowest BCUT2D eigenvalue weighted by atomic mass is 9.93. The van der Waals surface area contributed by atoms with Crippen LogP contribution >= 0.6 is 34.5 Å². The maximum Gasteiger partial charge on any atom is 0.338 e. The topological polar surface area (TPSA) is 77.7 Å². The molecule has 1 saturated heterocycles. The van der Waals surface area contributed by atoms with Crippen molar-refractivity contribution >= 4 is 55.9 Å². The number of methoxy groups -OCH3 is 1. The monoisotopic (exact) mass is 639 g/mol. The summed E-state index contributed by atoms with van der Waals surface area (Å²) >= 11 is 14.8. The number of hydrogen-bond acceptors (Lipinski definition) is 8. The van der Waals surface area contributed by atoms with Gasteiger partial charge in [-0.25, -0.2) is 9.78 Å². The van der Waals surface area contributed by atoms with Crippen LogP contribution in [0.3, 0.4) is 0 Å². The zero-order valence-corrected chi connectivity index (χ0v) is 26.9. The van der Waals surface area contributed by atoms with Crippen molar-refractivity contribution in [1.29, 1.82) is 0 Å². The number of ether oxygens (including phenoxy) is 2. The first-order chi connectivity index (χ1) is 20.8. The largest absolute Gasteiger partial charge is 0.489 e. The molecule has 1 aliphatic heterocycles. The predicted molar refractivity (Wildman–Crippen MR) is 171 cm³/mol. The Bertz CT molecular complexity index is 1650. The van der Waals surface area contributed by atoms with Gasteiger partial charge in [0.05, 0.1) is 33.5 Å². The summed E-state index contributed by atoms with van der Waals surface area (Å²) in [6.07, 6.45) is 6.75. The van der Waals surface area contributed by atoms with Gasteiger partial charge in [-0.05, 0) is 94.4 Å². The SMILES string of the molecule is COC(=O)c1cc(OC(C)C)c2nc(N3C[C@H]4CC(CCc5c(-c6c(Cl)cccc6Cl)noc5C5CC5)C[C@H]4C3)sc2c1. The van der Waals surface area contributed by atoms with Crippen LogP contribution in [0, 0.1) is 17.8 Å². The molecule has 0 amide bonds. The number of carbonyl (C=O) groups is 1. The first-order valence-corrected chi connectivity index (χ1v) is 16.7. The Balaban J connectivity index is 1.05. The highest BCUT2D eigenvalue weighted by Gasteiger charge is 2.42. The third kappa shape index (κ3) is 5.62. The molecule has 0 bridgehead atoms. The molecule has 1 unspecified atom stereocenters. The van der Waals surface area contributed by atoms with Crippen molar-refractivity contribution in [3.63, 3.8) is 0 Å². The van der Waals surface area contributed by atoms with Crippen LogP contribution in [0.2, 0.25) is 10.0 Å². The Morgan fingerprint density at radius 3 is 2.51 bits per heavy atom. The Morgan fingerprint density at radius 2 is 1.86 bits per heavy atom. The second kappa shape index (κ2) is 11.6. The van der Waals surface area contributed by atoms with Gasteiger partial charge in [-0.3, -0.25) is 0 Å². The van der Waals surface area contributed by atoms with Gasteiger partial charge in [-0.15, -0.1) is 0 Å². The highest BCUT2D eigenvalue weighted by molar-refractivity contribution is 7.22. The van der Waals surface area contributed by atoms with E-state index < -0.39 is 0 Å². The summed E-state index contributed by atoms with van der Waals surface area (Å²) in [5, 5.41) is 6.70. The van der Waals surface area contributed by atoms with Crippen LogP contribution in [0.1, 0.15) is 73.6 Å². The van der Waals surface area contributed by atoms with Gasteiger partial charge in [-0.2, -0.15) is 0 Å². The van der Waals surface area contributed by atoms with Gasteiger partial charge in [0.25, 0.3) is 0 Å². The number of aromatic nitrogens is 2. The summed E-state index contributed by atoms with van der Waals surface area (Å²) in [5.41, 5.74) is 4.09. The fraction of sp³-hybridized carbons (Fsp3) is 0.485. The minimum absolute atomic E-state index is 0.0275. The van der Waals surface area contributed by atoms with Gasteiger partial charge in [0.1, 0.15) is 22.7 Å². The maximum atomic E-state index is 12.3. The molecule has 0 radical (unpaired) electrons. The summed E-state index contributed by atoms with van der Waals surface area (Å²) in [5.74, 6) is 3.73. The lowest BCUT2D eigenvalue weighted by Gasteiger charge is -2.18. The molecular weight excluding hydrogens is 605 g/mol. The summed E-state index contributed by atoms with van der Waals surface area (Å²) < 4.78 is 17.9. The zero-order chi connectivity index (χ0) is 29.8. The van der Waals surface area contributed by atoms with Crippen LogP contribution in [-0.4, -0.2) is 42.4 Å². The molecule has 2 aliphatic carbocycles. The number of rotatable bonds is 9. The summed E-state index contributed by atoms with van der Waals surface area (Å²) in [4.78, 5) is 19.7. The number of fused-ring (bicyclic) bond motifs is 2. The van der Waals surface area contributed by atoms with E-state index in [-0.39, 0.29) is 12.1 Å². The van der Waals surface area contributed by atoms with Crippen molar-refractivity contribution in [1.82, 2.24) is 10.1 Å². The molecule has 43 heavy (non-hydrogen) atoms. The van der Waals surface area contributed by atoms with Gasteiger partial charge >= 0.3 is 5.97 Å². The van der Waals surface area contributed by atoms with Gasteiger partial charge in [0, 0.05) is 30.1 Å². The van der Waals surface area contributed by atoms with Crippen LogP contribution < -0.4 is 9.64 Å². The van der Waals surface area contributed by atoms with E-state index in [0.29, 0.717) is 45.0 Å². The van der Waals surface area contributed by atoms with E-state index in [1.54, 1.807) is 17.4 Å². The first kappa shape index (κ1) is 28.9. The minimum Gasteiger partial charge on any atom is -0.489 e. The van der Waals surface area contributed by atoms with E-state index >= 15 is 0 Å². The van der Waals surface area contributed by atoms with E-state index in [9.17, 15) is 4.79 Å². The van der Waals surface area contributed by atoms with Gasteiger partial charge < -0.3 is 18.9 Å². The third-order valence-corrected chi connectivity index (χ3v) is 10.8. The average molecular weight is 641 g/mol. The number of thiazole rings is 1. The quantitative estimate of drug-likeness (QED) is 0.169. The minimum atomic E-state index is -0.371. The van der Waals surface area contributed by atoms with Crippen molar-refractivity contribution in [2.75, 3.05) is 25.1 Å². The van der Waals surface area contributed by atoms with E-state index in [1.165, 1.54) is 25.5 Å². The third-order valence-electron chi connectivity index (χ3n) is 9.12. The predicted octanol–water partition coefficient (Wildman–Crippen LogP) is 8.80. The Morgan fingerprint density at radius 1 is 1.14 bits per heavy atom. The lowest BCUT2D eigenvalue weighted by Crippen LogP contribution is -2.21. The van der Waals surface area contributed by atoms with Crippen molar-refractivity contribution in [3.8, 4) is 17.0 Å². The molecule has 7 rings (SSSR count). The van der Waals surface area contributed by atoms with Crippen LogP contribution in [0.5, 0.6) is 5.75 Å². The Labute approximate surface area is 265 Å². The van der Waals surface area contributed by atoms with Crippen molar-refractivity contribution < 1.29 is 18.8 Å². The number of halogens is 2. The summed E-state index contributed by atoms with van der Waals surface area (Å²) in [7, 11) is 1.40. The number of esters is 1. The normalized spacial score (nSPS) is 21.6. The van der Waals surface area contributed by atoms with Gasteiger partial charge in [0.15, 0.2) is 5.13 Å². The maximum absolute atomic E-state index is 12.3. The molecule has 10 heteroatoms. The van der Waals surface area contributed by atoms with Gasteiger partial charge in [0.2, 0.25) is 0 Å². The summed E-state index contributed by atoms with van der Waals surface area (Å²) in [6.45, 7) is 5.97. The zero-order valence-electron chi connectivity index (χ0n) is 24.6. The Kier molecular flexibility index (Phi) is 7.81. The fourth-order valence-electron chi connectivity index (χ4n) is 7.02. The van der Waals surface area contributed by atoms with E-state index in [2.05, 4.69) is 10.1 Å². The highest BCUT2D eigenvalue weighted by atomic mass is 35.5. The number of nitrogens with zero attached hydrogens (tertiary/aromatic N) is 3. The van der Waals surface area contributed by atoms with E-state index in [4.69, 9.17) is 42.2 Å². The average Bonchev–Trinajstić information content (AvgIpc) is 3.27. The summed E-state index contributed by atoms with van der Waals surface area (Å²) in [6, 6.07) is 9.21. The molecule has 3 fully saturated rings. The molecule has 2 saturated carbocycles. The molecule has 2 aromatic carbocycles. The second-order valence-electron chi connectivity index (χ2n) is 12.5. The molecule has 2 aromatic heterocycles. The first-order valence-electron chi connectivity index (χ1n) is 15.2. The lowest BCUT2D eigenvalue weighted by molar-refractivity contribution is 0.0600. The van der Waals surface area contributed by atoms with Gasteiger partial charge in [-0.1, -0.05) is 45.8 Å². The molecule has 0 N–H and O–H groups in total. The molecule has 0 spiro atoms. The standard InChI is InChI=1S/C33H35Cl2N3O4S/c1-17(2)41-26-13-20(32(39)40-3)14-27-30(26)36-33(43-27)38-15-21-11-18(12-22(21)16-38)7-10-23-29(37-42-31(23)19-8-9-19)28-24(34)5-4-6-25(28)35/h4-6,13-14,17-19,21-22H,7-12,15-16H2,1-3H3/t18?,21-,22+. The van der Waals surface area contributed by atoms with Crippen LogP contribution in [0.15, 0.2) is 34.9 Å². The molecule has 7 nitrogen and oxygen atoms in total. The van der Waals surface area contributed by atoms with Crippen molar-refractivity contribution in [3.05, 3.63) is 57.3 Å². The van der Waals surface area contributed by atoms with E-state index in [1.807, 2.05) is 38.1 Å². The van der Waals surface area contributed by atoms with Crippen molar-refractivity contribution in [2.24, 2.45) is 17.8 Å². The number of hydrogen-bond donors (Lipinski definition) is 0. The molecule has 3 atom stereocenters. The van der Waals surface area contributed by atoms with Crippen LogP contribution in [0.4, 0.5) is 5.13 Å². The van der Waals surface area contributed by atoms with Crippen LogP contribution in [-0.2, 0) is 11.2 Å². The molecule has 4 aromatic rings. The fourth-order valence-corrected chi connectivity index (χ4v) is 8.63. The van der Waals surface area contributed by atoms with E-state index in [0.717, 1.165) is 71.1 Å². The molecular formula is C33H35Cl2N3O4S. The number of carbonyl (C=O) groups excluding carboxylic acids is 1.